The minimum atomic E-state index is -0.177. The minimum Gasteiger partial charge on any atom is -0.375 e. The van der Waals surface area contributed by atoms with Gasteiger partial charge < -0.3 is 20.3 Å². The van der Waals surface area contributed by atoms with Gasteiger partial charge in [0, 0.05) is 25.0 Å². The standard InChI is InChI=1S/C23H27N3O3.ClH/c1-29-15-22(27)24-19-6-2-16(3-7-19)17-4-8-20(9-5-17)25-23(28)21-14-26-12-10-18(21)11-13-26;/h2-9,18,21H,10-15H2,1H3,(H,24,27)(H,25,28);1H/t21-;/m0./s1. The van der Waals surface area contributed by atoms with Crippen LogP contribution in [0.3, 0.4) is 0 Å². The van der Waals surface area contributed by atoms with Gasteiger partial charge in [-0.05, 0) is 67.2 Å². The molecule has 2 amide bonds. The van der Waals surface area contributed by atoms with Crippen molar-refractivity contribution in [2.45, 2.75) is 12.8 Å². The van der Waals surface area contributed by atoms with E-state index in [0.29, 0.717) is 5.92 Å². The van der Waals surface area contributed by atoms with Crippen molar-refractivity contribution in [3.8, 4) is 11.1 Å². The number of piperidine rings is 3. The molecule has 2 aromatic rings. The molecule has 30 heavy (non-hydrogen) atoms. The monoisotopic (exact) mass is 429 g/mol. The number of hydrogen-bond acceptors (Lipinski definition) is 4. The van der Waals surface area contributed by atoms with Crippen LogP contribution >= 0.6 is 12.4 Å². The zero-order chi connectivity index (χ0) is 20.2. The van der Waals surface area contributed by atoms with Crippen molar-refractivity contribution in [3.63, 3.8) is 0 Å². The molecule has 0 saturated carbocycles. The van der Waals surface area contributed by atoms with Crippen LogP contribution in [-0.2, 0) is 14.3 Å². The number of carbonyl (C=O) groups is 2. The van der Waals surface area contributed by atoms with Crippen LogP contribution < -0.4 is 10.6 Å². The SMILES string of the molecule is COCC(=O)Nc1ccc(-c2ccc(NC(=O)[C@H]3CN4CCC3CC4)cc2)cc1.Cl. The lowest BCUT2D eigenvalue weighted by Crippen LogP contribution is -2.51. The van der Waals surface area contributed by atoms with E-state index >= 15 is 0 Å². The quantitative estimate of drug-likeness (QED) is 0.735. The highest BCUT2D eigenvalue weighted by Gasteiger charge is 2.38. The van der Waals surface area contributed by atoms with Gasteiger partial charge in [-0.2, -0.15) is 0 Å². The Hall–Kier alpha value is -2.41. The van der Waals surface area contributed by atoms with Crippen LogP contribution in [-0.4, -0.2) is 50.1 Å². The Morgan fingerprint density at radius 2 is 1.47 bits per heavy atom. The summed E-state index contributed by atoms with van der Waals surface area (Å²) in [6, 6.07) is 15.6. The summed E-state index contributed by atoms with van der Waals surface area (Å²) < 4.78 is 4.82. The van der Waals surface area contributed by atoms with Crippen molar-refractivity contribution >= 4 is 35.6 Å². The third-order valence-corrected chi connectivity index (χ3v) is 5.92. The van der Waals surface area contributed by atoms with E-state index in [0.717, 1.165) is 55.0 Å². The normalized spacial score (nSPS) is 22.1. The molecular weight excluding hydrogens is 402 g/mol. The molecule has 3 aliphatic rings. The average Bonchev–Trinajstić information content (AvgIpc) is 2.76. The van der Waals surface area contributed by atoms with Gasteiger partial charge in [-0.1, -0.05) is 24.3 Å². The van der Waals surface area contributed by atoms with E-state index in [9.17, 15) is 9.59 Å². The van der Waals surface area contributed by atoms with Gasteiger partial charge in [-0.25, -0.2) is 0 Å². The first-order valence-electron chi connectivity index (χ1n) is 10.1. The van der Waals surface area contributed by atoms with Crippen LogP contribution in [0.2, 0.25) is 0 Å². The lowest BCUT2D eigenvalue weighted by atomic mass is 9.78. The fourth-order valence-corrected chi connectivity index (χ4v) is 4.32. The molecule has 1 atom stereocenters. The number of benzene rings is 2. The van der Waals surface area contributed by atoms with E-state index in [1.54, 1.807) is 0 Å². The minimum absolute atomic E-state index is 0. The zero-order valence-corrected chi connectivity index (χ0v) is 17.9. The van der Waals surface area contributed by atoms with Gasteiger partial charge in [0.1, 0.15) is 6.61 Å². The molecule has 3 aliphatic heterocycles. The largest absolute Gasteiger partial charge is 0.375 e. The summed E-state index contributed by atoms with van der Waals surface area (Å²) in [5.74, 6) is 0.604. The number of carbonyl (C=O) groups excluding carboxylic acids is 2. The second kappa shape index (κ2) is 10.1. The van der Waals surface area contributed by atoms with Crippen LogP contribution in [0.1, 0.15) is 12.8 Å². The maximum atomic E-state index is 12.7. The summed E-state index contributed by atoms with van der Waals surface area (Å²) in [5, 5.41) is 5.87. The number of nitrogens with zero attached hydrogens (tertiary/aromatic N) is 1. The van der Waals surface area contributed by atoms with Crippen molar-refractivity contribution in [2.24, 2.45) is 11.8 Å². The number of methoxy groups -OCH3 is 1. The molecule has 0 unspecified atom stereocenters. The molecule has 2 aromatic carbocycles. The maximum Gasteiger partial charge on any atom is 0.250 e. The molecule has 2 N–H and O–H groups in total. The molecule has 6 nitrogen and oxygen atoms in total. The molecule has 160 valence electrons. The molecule has 2 bridgehead atoms. The fourth-order valence-electron chi connectivity index (χ4n) is 4.32. The molecule has 3 heterocycles. The van der Waals surface area contributed by atoms with E-state index in [1.807, 2.05) is 48.5 Å². The van der Waals surface area contributed by atoms with Crippen LogP contribution in [0, 0.1) is 11.8 Å². The summed E-state index contributed by atoms with van der Waals surface area (Å²) in [5.41, 5.74) is 3.67. The van der Waals surface area contributed by atoms with Gasteiger partial charge in [-0.3, -0.25) is 9.59 Å². The number of rotatable bonds is 6. The summed E-state index contributed by atoms with van der Waals surface area (Å²) in [6.45, 7) is 3.20. The van der Waals surface area contributed by atoms with Gasteiger partial charge in [0.25, 0.3) is 0 Å². The molecule has 5 rings (SSSR count). The number of amides is 2. The molecule has 0 radical (unpaired) electrons. The number of ether oxygens (including phenoxy) is 1. The van der Waals surface area contributed by atoms with Crippen LogP contribution in [0.15, 0.2) is 48.5 Å². The molecule has 0 aliphatic carbocycles. The first-order valence-corrected chi connectivity index (χ1v) is 10.1. The van der Waals surface area contributed by atoms with Crippen molar-refractivity contribution in [1.82, 2.24) is 4.90 Å². The first-order chi connectivity index (χ1) is 14.1. The summed E-state index contributed by atoms with van der Waals surface area (Å²) >= 11 is 0. The molecule has 7 heteroatoms. The van der Waals surface area contributed by atoms with Crippen molar-refractivity contribution in [3.05, 3.63) is 48.5 Å². The Kier molecular flexibility index (Phi) is 7.48. The Balaban J connectivity index is 0.00000256. The van der Waals surface area contributed by atoms with Crippen molar-refractivity contribution in [1.29, 1.82) is 0 Å². The van der Waals surface area contributed by atoms with E-state index < -0.39 is 0 Å². The second-order valence-electron chi connectivity index (χ2n) is 7.87. The Bertz CT molecular complexity index is 862. The lowest BCUT2D eigenvalue weighted by molar-refractivity contribution is -0.125. The van der Waals surface area contributed by atoms with Crippen LogP contribution in [0.5, 0.6) is 0 Å². The Morgan fingerprint density at radius 1 is 0.933 bits per heavy atom. The highest BCUT2D eigenvalue weighted by molar-refractivity contribution is 5.93. The van der Waals surface area contributed by atoms with Gasteiger partial charge in [0.15, 0.2) is 0 Å². The van der Waals surface area contributed by atoms with Crippen molar-refractivity contribution in [2.75, 3.05) is 44.0 Å². The predicted molar refractivity (Wildman–Crippen MR) is 121 cm³/mol. The summed E-state index contributed by atoms with van der Waals surface area (Å²) in [7, 11) is 1.49. The van der Waals surface area contributed by atoms with Gasteiger partial charge in [0.2, 0.25) is 11.8 Å². The third-order valence-electron chi connectivity index (χ3n) is 5.92. The summed E-state index contributed by atoms with van der Waals surface area (Å²) in [6.07, 6.45) is 2.28. The number of fused-ring (bicyclic) bond motifs is 3. The smallest absolute Gasteiger partial charge is 0.250 e. The number of halogens is 1. The third kappa shape index (κ3) is 5.19. The lowest BCUT2D eigenvalue weighted by Gasteiger charge is -2.43. The highest BCUT2D eigenvalue weighted by Crippen LogP contribution is 2.33. The maximum absolute atomic E-state index is 12.7. The molecule has 3 saturated heterocycles. The summed E-state index contributed by atoms with van der Waals surface area (Å²) in [4.78, 5) is 26.7. The van der Waals surface area contributed by atoms with E-state index in [-0.39, 0.29) is 36.7 Å². The highest BCUT2D eigenvalue weighted by atomic mass is 35.5. The molecule has 0 aromatic heterocycles. The van der Waals surface area contributed by atoms with E-state index in [2.05, 4.69) is 15.5 Å². The van der Waals surface area contributed by atoms with Gasteiger partial charge in [-0.15, -0.1) is 12.4 Å². The average molecular weight is 430 g/mol. The van der Waals surface area contributed by atoms with Crippen LogP contribution in [0.25, 0.3) is 11.1 Å². The Labute approximate surface area is 183 Å². The number of nitrogens with one attached hydrogen (secondary N) is 2. The zero-order valence-electron chi connectivity index (χ0n) is 17.1. The Morgan fingerprint density at radius 3 is 1.93 bits per heavy atom. The molecule has 3 fully saturated rings. The van der Waals surface area contributed by atoms with E-state index in [1.165, 1.54) is 7.11 Å². The van der Waals surface area contributed by atoms with Gasteiger partial charge >= 0.3 is 0 Å². The second-order valence-corrected chi connectivity index (χ2v) is 7.87. The van der Waals surface area contributed by atoms with Crippen molar-refractivity contribution < 1.29 is 14.3 Å². The predicted octanol–water partition coefficient (Wildman–Crippen LogP) is 3.64. The molecule has 0 spiro atoms. The first kappa shape index (κ1) is 22.3. The fraction of sp³-hybridized carbons (Fsp3) is 0.391. The number of hydrogen-bond donors (Lipinski definition) is 2. The van der Waals surface area contributed by atoms with Crippen LogP contribution in [0.4, 0.5) is 11.4 Å². The topological polar surface area (TPSA) is 70.7 Å². The molecular formula is C23H28ClN3O3. The van der Waals surface area contributed by atoms with E-state index in [4.69, 9.17) is 4.74 Å². The number of anilines is 2. The van der Waals surface area contributed by atoms with Gasteiger partial charge in [0.05, 0.1) is 5.92 Å².